The molecule has 0 aromatic heterocycles. The lowest BCUT2D eigenvalue weighted by Gasteiger charge is -2.31. The van der Waals surface area contributed by atoms with E-state index in [0.717, 1.165) is 24.9 Å². The van der Waals surface area contributed by atoms with Gasteiger partial charge in [-0.1, -0.05) is 38.0 Å². The minimum Gasteiger partial charge on any atom is -0.467 e. The van der Waals surface area contributed by atoms with Crippen molar-refractivity contribution < 1.29 is 9.53 Å². The standard InChI is InChI=1S/C16H22N2O2/c1-3-4-11-15(16(19)20-2)18(13-8-12-17)14-9-6-5-7-10-14/h5-7,9-10,15H,3-4,8,11,13H2,1-2H3. The predicted octanol–water partition coefficient (Wildman–Crippen LogP) is 3.14. The Labute approximate surface area is 121 Å². The zero-order valence-corrected chi connectivity index (χ0v) is 12.2. The quantitative estimate of drug-likeness (QED) is 0.683. The largest absolute Gasteiger partial charge is 0.467 e. The van der Waals surface area contributed by atoms with Crippen molar-refractivity contribution in [3.8, 4) is 6.07 Å². The van der Waals surface area contributed by atoms with E-state index in [1.165, 1.54) is 7.11 Å². The van der Waals surface area contributed by atoms with Crippen molar-refractivity contribution >= 4 is 11.7 Å². The molecule has 0 aliphatic heterocycles. The Balaban J connectivity index is 2.97. The highest BCUT2D eigenvalue weighted by atomic mass is 16.5. The zero-order chi connectivity index (χ0) is 14.8. The van der Waals surface area contributed by atoms with E-state index < -0.39 is 0 Å². The van der Waals surface area contributed by atoms with Crippen molar-refractivity contribution in [3.05, 3.63) is 30.3 Å². The fourth-order valence-electron chi connectivity index (χ4n) is 2.19. The number of nitrogens with zero attached hydrogens (tertiary/aromatic N) is 2. The van der Waals surface area contributed by atoms with Crippen LogP contribution in [0.2, 0.25) is 0 Å². The molecule has 1 aromatic rings. The molecule has 0 bridgehead atoms. The van der Waals surface area contributed by atoms with Gasteiger partial charge in [0.1, 0.15) is 6.04 Å². The van der Waals surface area contributed by atoms with E-state index in [1.54, 1.807) is 0 Å². The first-order valence-electron chi connectivity index (χ1n) is 7.01. The van der Waals surface area contributed by atoms with Gasteiger partial charge in [0.2, 0.25) is 0 Å². The highest BCUT2D eigenvalue weighted by Crippen LogP contribution is 2.21. The van der Waals surface area contributed by atoms with E-state index in [2.05, 4.69) is 13.0 Å². The molecule has 0 aliphatic carbocycles. The lowest BCUT2D eigenvalue weighted by molar-refractivity contribution is -0.142. The van der Waals surface area contributed by atoms with Crippen LogP contribution in [0.5, 0.6) is 0 Å². The normalized spacial score (nSPS) is 11.4. The number of hydrogen-bond donors (Lipinski definition) is 0. The lowest BCUT2D eigenvalue weighted by atomic mass is 10.1. The number of carbonyl (C=O) groups is 1. The van der Waals surface area contributed by atoms with Crippen LogP contribution < -0.4 is 4.90 Å². The first kappa shape index (κ1) is 16.0. The van der Waals surface area contributed by atoms with Gasteiger partial charge in [-0.3, -0.25) is 0 Å². The van der Waals surface area contributed by atoms with Crippen LogP contribution in [0.4, 0.5) is 5.69 Å². The number of esters is 1. The van der Waals surface area contributed by atoms with Gasteiger partial charge >= 0.3 is 5.97 Å². The van der Waals surface area contributed by atoms with E-state index >= 15 is 0 Å². The fourth-order valence-corrected chi connectivity index (χ4v) is 2.19. The second kappa shape index (κ2) is 8.98. The van der Waals surface area contributed by atoms with Crippen molar-refractivity contribution in [2.24, 2.45) is 0 Å². The topological polar surface area (TPSA) is 53.3 Å². The molecule has 1 aromatic carbocycles. The smallest absolute Gasteiger partial charge is 0.328 e. The summed E-state index contributed by atoms with van der Waals surface area (Å²) in [7, 11) is 1.41. The summed E-state index contributed by atoms with van der Waals surface area (Å²) in [5, 5.41) is 8.82. The number of benzene rings is 1. The van der Waals surface area contributed by atoms with Gasteiger partial charge in [-0.25, -0.2) is 4.79 Å². The average molecular weight is 274 g/mol. The second-order valence-electron chi connectivity index (χ2n) is 4.62. The molecule has 108 valence electrons. The van der Waals surface area contributed by atoms with Crippen LogP contribution in [0, 0.1) is 11.3 Å². The highest BCUT2D eigenvalue weighted by molar-refractivity contribution is 5.80. The minimum absolute atomic E-state index is 0.236. The van der Waals surface area contributed by atoms with Gasteiger partial charge in [0.15, 0.2) is 0 Å². The van der Waals surface area contributed by atoms with Crippen LogP contribution >= 0.6 is 0 Å². The molecule has 1 unspecified atom stereocenters. The van der Waals surface area contributed by atoms with E-state index in [1.807, 2.05) is 35.2 Å². The fraction of sp³-hybridized carbons (Fsp3) is 0.500. The minimum atomic E-state index is -0.323. The molecule has 0 N–H and O–H groups in total. The molecular formula is C16H22N2O2. The SMILES string of the molecule is CCCCC(C(=O)OC)N(CCC#N)c1ccccc1. The molecule has 0 fully saturated rings. The molecule has 0 aliphatic rings. The number of rotatable bonds is 8. The molecule has 0 amide bonds. The molecule has 0 saturated carbocycles. The van der Waals surface area contributed by atoms with E-state index in [4.69, 9.17) is 10.00 Å². The second-order valence-corrected chi connectivity index (χ2v) is 4.62. The summed E-state index contributed by atoms with van der Waals surface area (Å²) in [6.07, 6.45) is 3.10. The summed E-state index contributed by atoms with van der Waals surface area (Å²) in [5.74, 6) is -0.236. The number of unbranched alkanes of at least 4 members (excludes halogenated alkanes) is 1. The van der Waals surface area contributed by atoms with Crippen LogP contribution in [-0.2, 0) is 9.53 Å². The van der Waals surface area contributed by atoms with Crippen LogP contribution in [0.15, 0.2) is 30.3 Å². The van der Waals surface area contributed by atoms with Crippen molar-refractivity contribution in [1.82, 2.24) is 0 Å². The van der Waals surface area contributed by atoms with E-state index in [-0.39, 0.29) is 12.0 Å². The molecule has 1 atom stereocenters. The number of anilines is 1. The molecule has 0 heterocycles. The van der Waals surface area contributed by atoms with Gasteiger partial charge < -0.3 is 9.64 Å². The van der Waals surface area contributed by atoms with Gasteiger partial charge in [-0.2, -0.15) is 5.26 Å². The van der Waals surface area contributed by atoms with Gasteiger partial charge in [0.05, 0.1) is 19.6 Å². The lowest BCUT2D eigenvalue weighted by Crippen LogP contribution is -2.42. The highest BCUT2D eigenvalue weighted by Gasteiger charge is 2.26. The molecule has 4 nitrogen and oxygen atoms in total. The molecule has 20 heavy (non-hydrogen) atoms. The third-order valence-corrected chi connectivity index (χ3v) is 3.23. The Hall–Kier alpha value is -2.02. The monoisotopic (exact) mass is 274 g/mol. The van der Waals surface area contributed by atoms with Crippen molar-refractivity contribution in [2.45, 2.75) is 38.6 Å². The molecule has 1 rings (SSSR count). The van der Waals surface area contributed by atoms with Gasteiger partial charge in [-0.05, 0) is 18.6 Å². The molecule has 0 radical (unpaired) electrons. The number of hydrogen-bond acceptors (Lipinski definition) is 4. The van der Waals surface area contributed by atoms with E-state index in [9.17, 15) is 4.79 Å². The Morgan fingerprint density at radius 3 is 2.65 bits per heavy atom. The van der Waals surface area contributed by atoms with Crippen LogP contribution in [0.25, 0.3) is 0 Å². The predicted molar refractivity (Wildman–Crippen MR) is 79.3 cm³/mol. The summed E-state index contributed by atoms with van der Waals surface area (Å²) in [6, 6.07) is 11.5. The first-order chi connectivity index (χ1) is 9.74. The number of carbonyl (C=O) groups excluding carboxylic acids is 1. The third-order valence-electron chi connectivity index (χ3n) is 3.23. The molecule has 0 saturated heterocycles. The van der Waals surface area contributed by atoms with Crippen LogP contribution in [-0.4, -0.2) is 25.7 Å². The summed E-state index contributed by atoms with van der Waals surface area (Å²) >= 11 is 0. The van der Waals surface area contributed by atoms with Gasteiger partial charge in [0.25, 0.3) is 0 Å². The number of ether oxygens (including phenoxy) is 1. The number of para-hydroxylation sites is 1. The van der Waals surface area contributed by atoms with Crippen LogP contribution in [0.1, 0.15) is 32.6 Å². The molecular weight excluding hydrogens is 252 g/mol. The van der Waals surface area contributed by atoms with Gasteiger partial charge in [0, 0.05) is 12.2 Å². The van der Waals surface area contributed by atoms with Crippen molar-refractivity contribution in [3.63, 3.8) is 0 Å². The summed E-state index contributed by atoms with van der Waals surface area (Å²) in [6.45, 7) is 2.63. The number of methoxy groups -OCH3 is 1. The maximum atomic E-state index is 12.0. The summed E-state index contributed by atoms with van der Waals surface area (Å²) in [4.78, 5) is 14.0. The van der Waals surface area contributed by atoms with Crippen LogP contribution in [0.3, 0.4) is 0 Å². The van der Waals surface area contributed by atoms with E-state index in [0.29, 0.717) is 13.0 Å². The Kier molecular flexibility index (Phi) is 7.20. The Bertz CT molecular complexity index is 440. The summed E-state index contributed by atoms with van der Waals surface area (Å²) < 4.78 is 4.93. The maximum Gasteiger partial charge on any atom is 0.328 e. The number of nitriles is 1. The van der Waals surface area contributed by atoms with Gasteiger partial charge in [-0.15, -0.1) is 0 Å². The van der Waals surface area contributed by atoms with Crippen molar-refractivity contribution in [1.29, 1.82) is 5.26 Å². The zero-order valence-electron chi connectivity index (χ0n) is 12.2. The first-order valence-corrected chi connectivity index (χ1v) is 7.01. The Morgan fingerprint density at radius 2 is 2.10 bits per heavy atom. The Morgan fingerprint density at radius 1 is 1.40 bits per heavy atom. The van der Waals surface area contributed by atoms with Crippen molar-refractivity contribution in [2.75, 3.05) is 18.6 Å². The molecule has 0 spiro atoms. The summed E-state index contributed by atoms with van der Waals surface area (Å²) in [5.41, 5.74) is 0.953. The molecule has 4 heteroatoms. The average Bonchev–Trinajstić information content (AvgIpc) is 2.50. The maximum absolute atomic E-state index is 12.0. The third kappa shape index (κ3) is 4.58.